The van der Waals surface area contributed by atoms with Crippen molar-refractivity contribution >= 4 is 5.96 Å². The van der Waals surface area contributed by atoms with E-state index in [2.05, 4.69) is 15.6 Å². The van der Waals surface area contributed by atoms with Crippen LogP contribution in [0.4, 0.5) is 13.2 Å². The topological polar surface area (TPSA) is 36.4 Å². The number of nitrogens with zero attached hydrogens (tertiary/aromatic N) is 1. The molecule has 2 N–H and O–H groups in total. The van der Waals surface area contributed by atoms with Crippen molar-refractivity contribution in [3.8, 4) is 0 Å². The van der Waals surface area contributed by atoms with Crippen LogP contribution in [0.1, 0.15) is 42.7 Å². The van der Waals surface area contributed by atoms with Crippen molar-refractivity contribution in [1.82, 2.24) is 10.6 Å². The molecule has 6 heteroatoms. The summed E-state index contributed by atoms with van der Waals surface area (Å²) in [5, 5.41) is 6.70. The summed E-state index contributed by atoms with van der Waals surface area (Å²) in [5.74, 6) is 1.16. The molecule has 0 bridgehead atoms. The predicted octanol–water partition coefficient (Wildman–Crippen LogP) is 3.28. The molecule has 1 aromatic carbocycles. The monoisotopic (exact) mass is 311 g/mol. The Morgan fingerprint density at radius 3 is 2.14 bits per heavy atom. The lowest BCUT2D eigenvalue weighted by Crippen LogP contribution is -2.49. The largest absolute Gasteiger partial charge is 0.416 e. The third-order valence-corrected chi connectivity index (χ3v) is 4.33. The van der Waals surface area contributed by atoms with Gasteiger partial charge in [-0.25, -0.2) is 0 Å². The van der Waals surface area contributed by atoms with Crippen LogP contribution in [0, 0.1) is 0 Å². The van der Waals surface area contributed by atoms with E-state index in [0.717, 1.165) is 24.4 Å². The summed E-state index contributed by atoms with van der Waals surface area (Å²) in [4.78, 5) is 4.20. The molecule has 0 unspecified atom stereocenters. The molecule has 0 saturated heterocycles. The fourth-order valence-corrected chi connectivity index (χ4v) is 2.74. The number of halogens is 3. The number of guanidine groups is 1. The molecule has 0 atom stereocenters. The summed E-state index contributed by atoms with van der Waals surface area (Å²) in [6, 6.07) is 6.43. The zero-order chi connectivity index (χ0) is 15.7. The lowest BCUT2D eigenvalue weighted by Gasteiger charge is -2.37. The maximum atomic E-state index is 12.5. The van der Waals surface area contributed by atoms with E-state index in [1.165, 1.54) is 25.0 Å². The van der Waals surface area contributed by atoms with Crippen LogP contribution in [0.15, 0.2) is 29.3 Å². The number of hydrogen-bond donors (Lipinski definition) is 2. The van der Waals surface area contributed by atoms with Gasteiger partial charge in [0, 0.05) is 19.1 Å². The zero-order valence-corrected chi connectivity index (χ0v) is 12.5. The molecule has 2 aliphatic carbocycles. The third kappa shape index (κ3) is 3.54. The molecule has 3 rings (SSSR count). The smallest absolute Gasteiger partial charge is 0.354 e. The molecule has 0 spiro atoms. The summed E-state index contributed by atoms with van der Waals surface area (Å²) in [6.07, 6.45) is -0.0181. The molecular weight excluding hydrogens is 291 g/mol. The molecule has 0 aliphatic heterocycles. The van der Waals surface area contributed by atoms with Gasteiger partial charge in [-0.1, -0.05) is 12.1 Å². The van der Waals surface area contributed by atoms with Gasteiger partial charge in [0.25, 0.3) is 0 Å². The van der Waals surface area contributed by atoms with E-state index in [-0.39, 0.29) is 0 Å². The minimum Gasteiger partial charge on any atom is -0.354 e. The van der Waals surface area contributed by atoms with Crippen molar-refractivity contribution in [3.63, 3.8) is 0 Å². The van der Waals surface area contributed by atoms with Gasteiger partial charge < -0.3 is 10.6 Å². The maximum Gasteiger partial charge on any atom is 0.416 e. The molecule has 0 amide bonds. The van der Waals surface area contributed by atoms with Crippen molar-refractivity contribution in [2.45, 2.75) is 49.9 Å². The van der Waals surface area contributed by atoms with Crippen LogP contribution in [0.25, 0.3) is 0 Å². The van der Waals surface area contributed by atoms with Gasteiger partial charge >= 0.3 is 6.18 Å². The first-order chi connectivity index (χ1) is 10.5. The number of benzene rings is 1. The highest BCUT2D eigenvalue weighted by molar-refractivity contribution is 5.80. The van der Waals surface area contributed by atoms with Gasteiger partial charge in [0.2, 0.25) is 0 Å². The number of alkyl halides is 3. The molecule has 0 heterocycles. The maximum absolute atomic E-state index is 12.5. The molecule has 1 aromatic rings. The normalized spacial score (nSPS) is 25.5. The second kappa shape index (κ2) is 5.82. The van der Waals surface area contributed by atoms with Gasteiger partial charge in [-0.05, 0) is 49.3 Å². The van der Waals surface area contributed by atoms with E-state index < -0.39 is 11.7 Å². The Morgan fingerprint density at radius 1 is 1.05 bits per heavy atom. The minimum atomic E-state index is -4.26. The molecule has 0 aromatic heterocycles. The Hall–Kier alpha value is -1.72. The van der Waals surface area contributed by atoms with Gasteiger partial charge in [0.1, 0.15) is 0 Å². The van der Waals surface area contributed by atoms with Gasteiger partial charge in [0.05, 0.1) is 5.56 Å². The molecular formula is C16H20F3N3. The van der Waals surface area contributed by atoms with Crippen molar-refractivity contribution < 1.29 is 13.2 Å². The minimum absolute atomic E-state index is 0.332. The first-order valence-electron chi connectivity index (χ1n) is 7.62. The van der Waals surface area contributed by atoms with E-state index in [1.54, 1.807) is 19.2 Å². The molecule has 2 saturated carbocycles. The van der Waals surface area contributed by atoms with Crippen LogP contribution in [0.2, 0.25) is 0 Å². The Balaban J connectivity index is 1.50. The second-order valence-electron chi connectivity index (χ2n) is 6.12. The van der Waals surface area contributed by atoms with E-state index in [0.29, 0.717) is 18.0 Å². The Morgan fingerprint density at radius 2 is 1.64 bits per heavy atom. The molecule has 2 fully saturated rings. The number of rotatable bonds is 3. The standard InChI is InChI=1S/C16H20F3N3/c1-20-15(21-13-6-7-13)22-14-8-11(9-14)10-2-4-12(5-3-10)16(17,18)19/h2-5,11,13-14H,6-9H2,1H3,(H2,20,21,22). The van der Waals surface area contributed by atoms with Gasteiger partial charge in [-0.2, -0.15) is 13.2 Å². The SMILES string of the molecule is CN=C(NC1CC1)NC1CC(c2ccc(C(F)(F)F)cc2)C1. The predicted molar refractivity (Wildman–Crippen MR) is 79.9 cm³/mol. The zero-order valence-electron chi connectivity index (χ0n) is 12.5. The van der Waals surface area contributed by atoms with Crippen molar-refractivity contribution in [2.75, 3.05) is 7.05 Å². The summed E-state index contributed by atoms with van der Waals surface area (Å²) in [6.45, 7) is 0. The lowest BCUT2D eigenvalue weighted by molar-refractivity contribution is -0.137. The van der Waals surface area contributed by atoms with Crippen molar-refractivity contribution in [1.29, 1.82) is 0 Å². The summed E-state index contributed by atoms with van der Waals surface area (Å²) in [5.41, 5.74) is 0.399. The lowest BCUT2D eigenvalue weighted by atomic mass is 9.76. The van der Waals surface area contributed by atoms with E-state index in [9.17, 15) is 13.2 Å². The van der Waals surface area contributed by atoms with Gasteiger partial charge in [0.15, 0.2) is 5.96 Å². The molecule has 0 radical (unpaired) electrons. The Kier molecular flexibility index (Phi) is 4.02. The van der Waals surface area contributed by atoms with Gasteiger partial charge in [-0.15, -0.1) is 0 Å². The first kappa shape index (κ1) is 15.2. The number of nitrogens with one attached hydrogen (secondary N) is 2. The Labute approximate surface area is 128 Å². The molecule has 120 valence electrons. The first-order valence-corrected chi connectivity index (χ1v) is 7.62. The average molecular weight is 311 g/mol. The Bertz CT molecular complexity index is 541. The fraction of sp³-hybridized carbons (Fsp3) is 0.562. The second-order valence-corrected chi connectivity index (χ2v) is 6.12. The van der Waals surface area contributed by atoms with Crippen LogP contribution in [0.3, 0.4) is 0 Å². The van der Waals surface area contributed by atoms with E-state index in [4.69, 9.17) is 0 Å². The quantitative estimate of drug-likeness (QED) is 0.664. The fourth-order valence-electron chi connectivity index (χ4n) is 2.74. The number of hydrogen-bond acceptors (Lipinski definition) is 1. The van der Waals surface area contributed by atoms with Crippen LogP contribution in [-0.4, -0.2) is 25.1 Å². The van der Waals surface area contributed by atoms with E-state index >= 15 is 0 Å². The van der Waals surface area contributed by atoms with Crippen LogP contribution in [0.5, 0.6) is 0 Å². The third-order valence-electron chi connectivity index (χ3n) is 4.33. The average Bonchev–Trinajstić information content (AvgIpc) is 3.24. The van der Waals surface area contributed by atoms with Crippen LogP contribution >= 0.6 is 0 Å². The van der Waals surface area contributed by atoms with Crippen LogP contribution in [-0.2, 0) is 6.18 Å². The molecule has 22 heavy (non-hydrogen) atoms. The molecule has 3 nitrogen and oxygen atoms in total. The summed E-state index contributed by atoms with van der Waals surface area (Å²) < 4.78 is 37.6. The summed E-state index contributed by atoms with van der Waals surface area (Å²) >= 11 is 0. The molecule has 2 aliphatic rings. The number of aliphatic imine (C=N–C) groups is 1. The highest BCUT2D eigenvalue weighted by Crippen LogP contribution is 2.38. The van der Waals surface area contributed by atoms with Crippen LogP contribution < -0.4 is 10.6 Å². The highest BCUT2D eigenvalue weighted by atomic mass is 19.4. The summed E-state index contributed by atoms with van der Waals surface area (Å²) in [7, 11) is 1.75. The highest BCUT2D eigenvalue weighted by Gasteiger charge is 2.34. The van der Waals surface area contributed by atoms with E-state index in [1.807, 2.05) is 0 Å². The van der Waals surface area contributed by atoms with Crippen molar-refractivity contribution in [3.05, 3.63) is 35.4 Å². The van der Waals surface area contributed by atoms with Crippen molar-refractivity contribution in [2.24, 2.45) is 4.99 Å². The van der Waals surface area contributed by atoms with Gasteiger partial charge in [-0.3, -0.25) is 4.99 Å².